The smallest absolute Gasteiger partial charge is 0.362 e. The molecule has 0 bridgehead atoms. The molecule has 102 valence electrons. The van der Waals surface area contributed by atoms with Gasteiger partial charge in [0.25, 0.3) is 0 Å². The van der Waals surface area contributed by atoms with Gasteiger partial charge in [-0.1, -0.05) is 30.3 Å². The fraction of sp³-hybridized carbons (Fsp3) is 0.250. The third kappa shape index (κ3) is 2.56. The molecule has 0 fully saturated rings. The minimum Gasteiger partial charge on any atom is -0.381 e. The quantitative estimate of drug-likeness (QED) is 0.320. The van der Waals surface area contributed by atoms with Crippen molar-refractivity contribution in [2.75, 3.05) is 6.73 Å². The zero-order valence-electron chi connectivity index (χ0n) is 9.04. The highest BCUT2D eigenvalue weighted by Crippen LogP contribution is 2.72. The van der Waals surface area contributed by atoms with Gasteiger partial charge in [-0.25, -0.2) is 0 Å². The van der Waals surface area contributed by atoms with Crippen LogP contribution >= 0.6 is 15.2 Å². The molecule has 1 aromatic rings. The summed E-state index contributed by atoms with van der Waals surface area (Å²) < 4.78 is 23.0. The highest BCUT2D eigenvalue weighted by Gasteiger charge is 2.61. The van der Waals surface area contributed by atoms with Crippen molar-refractivity contribution in [2.24, 2.45) is 0 Å². The predicted octanol–water partition coefficient (Wildman–Crippen LogP) is -0.308. The zero-order chi connectivity index (χ0) is 14.0. The Bertz CT molecular complexity index is 471. The topological polar surface area (TPSA) is 147 Å². The maximum absolute atomic E-state index is 11.5. The molecule has 0 spiro atoms. The number of aliphatic hydroxyl groups is 1. The standard InChI is InChI=1S/C8H13NO7P2/c10-6-9-8(17(11,12)13,18(14,15)16)7-4-2-1-3-5-7/h1-5,9-10H,6H2,(H2,11,12,13)(H2,14,15,16). The Morgan fingerprint density at radius 3 is 1.78 bits per heavy atom. The van der Waals surface area contributed by atoms with E-state index in [1.54, 1.807) is 0 Å². The maximum Gasteiger partial charge on any atom is 0.362 e. The van der Waals surface area contributed by atoms with E-state index >= 15 is 0 Å². The van der Waals surface area contributed by atoms with Crippen molar-refractivity contribution < 1.29 is 33.8 Å². The molecule has 0 aliphatic carbocycles. The number of hydrogen-bond acceptors (Lipinski definition) is 4. The number of rotatable bonds is 5. The van der Waals surface area contributed by atoms with Gasteiger partial charge in [0.15, 0.2) is 0 Å². The molecular formula is C8H13NO7P2. The fourth-order valence-corrected chi connectivity index (χ4v) is 4.48. The molecule has 6 N–H and O–H groups in total. The van der Waals surface area contributed by atoms with Crippen LogP contribution in [0.15, 0.2) is 30.3 Å². The highest BCUT2D eigenvalue weighted by molar-refractivity contribution is 7.71. The molecule has 0 aliphatic heterocycles. The van der Waals surface area contributed by atoms with Crippen LogP contribution in [0.5, 0.6) is 0 Å². The normalized spacial score (nSPS) is 13.6. The largest absolute Gasteiger partial charge is 0.381 e. The van der Waals surface area contributed by atoms with E-state index in [0.29, 0.717) is 0 Å². The highest BCUT2D eigenvalue weighted by atomic mass is 31.2. The SMILES string of the molecule is O=P(O)(O)C(NCO)(c1ccccc1)P(=O)(O)O. The second-order valence-electron chi connectivity index (χ2n) is 3.46. The van der Waals surface area contributed by atoms with Crippen LogP contribution in [0.2, 0.25) is 0 Å². The molecule has 0 saturated carbocycles. The van der Waals surface area contributed by atoms with Crippen molar-refractivity contribution in [1.82, 2.24) is 5.32 Å². The number of benzene rings is 1. The van der Waals surface area contributed by atoms with E-state index in [4.69, 9.17) is 5.11 Å². The molecule has 0 saturated heterocycles. The first kappa shape index (κ1) is 15.5. The predicted molar refractivity (Wildman–Crippen MR) is 62.4 cm³/mol. The summed E-state index contributed by atoms with van der Waals surface area (Å²) in [7, 11) is -10.6. The van der Waals surface area contributed by atoms with Crippen LogP contribution in [0.25, 0.3) is 0 Å². The van der Waals surface area contributed by atoms with Crippen LogP contribution in [-0.4, -0.2) is 31.4 Å². The second kappa shape index (κ2) is 5.21. The van der Waals surface area contributed by atoms with E-state index in [1.165, 1.54) is 18.2 Å². The first-order valence-corrected chi connectivity index (χ1v) is 7.92. The van der Waals surface area contributed by atoms with Gasteiger partial charge in [-0.05, 0) is 5.56 Å². The lowest BCUT2D eigenvalue weighted by atomic mass is 10.2. The van der Waals surface area contributed by atoms with Crippen molar-refractivity contribution in [1.29, 1.82) is 0 Å². The molecule has 1 aromatic carbocycles. The summed E-state index contributed by atoms with van der Waals surface area (Å²) in [4.78, 5) is 37.2. The Hall–Kier alpha value is -0.560. The Labute approximate surface area is 103 Å². The van der Waals surface area contributed by atoms with Crippen LogP contribution in [0, 0.1) is 0 Å². The zero-order valence-corrected chi connectivity index (χ0v) is 10.8. The monoisotopic (exact) mass is 297 g/mol. The van der Waals surface area contributed by atoms with Gasteiger partial charge in [0.1, 0.15) is 0 Å². The number of nitrogens with one attached hydrogen (secondary N) is 1. The summed E-state index contributed by atoms with van der Waals surface area (Å²) >= 11 is 0. The fourth-order valence-electron chi connectivity index (χ4n) is 1.59. The minimum atomic E-state index is -5.30. The summed E-state index contributed by atoms with van der Waals surface area (Å²) in [5, 5.41) is 7.67. The molecule has 0 atom stereocenters. The summed E-state index contributed by atoms with van der Waals surface area (Å²) in [5.41, 5.74) is -0.305. The van der Waals surface area contributed by atoms with Gasteiger partial charge >= 0.3 is 15.2 Å². The van der Waals surface area contributed by atoms with Gasteiger partial charge < -0.3 is 24.7 Å². The van der Waals surface area contributed by atoms with E-state index in [0.717, 1.165) is 12.1 Å². The summed E-state index contributed by atoms with van der Waals surface area (Å²) in [6, 6.07) is 6.57. The lowest BCUT2D eigenvalue weighted by Gasteiger charge is -2.35. The van der Waals surface area contributed by atoms with Crippen LogP contribution in [-0.2, 0) is 14.2 Å². The Morgan fingerprint density at radius 2 is 1.44 bits per heavy atom. The average molecular weight is 297 g/mol. The van der Waals surface area contributed by atoms with Crippen LogP contribution in [0.1, 0.15) is 5.56 Å². The molecule has 0 amide bonds. The van der Waals surface area contributed by atoms with Crippen molar-refractivity contribution in [2.45, 2.75) is 5.02 Å². The second-order valence-corrected chi connectivity index (χ2v) is 7.33. The number of hydrogen-bond donors (Lipinski definition) is 6. The average Bonchev–Trinajstić information content (AvgIpc) is 2.23. The molecule has 0 aromatic heterocycles. The van der Waals surface area contributed by atoms with Gasteiger partial charge in [0, 0.05) is 0 Å². The lowest BCUT2D eigenvalue weighted by Crippen LogP contribution is -2.42. The molecule has 8 nitrogen and oxygen atoms in total. The summed E-state index contributed by atoms with van der Waals surface area (Å²) in [6.07, 6.45) is 0. The van der Waals surface area contributed by atoms with Crippen molar-refractivity contribution in [3.05, 3.63) is 35.9 Å². The third-order valence-electron chi connectivity index (χ3n) is 2.34. The molecule has 0 heterocycles. The first-order valence-electron chi connectivity index (χ1n) is 4.69. The Kier molecular flexibility index (Phi) is 4.48. The Balaban J connectivity index is 3.61. The van der Waals surface area contributed by atoms with Crippen molar-refractivity contribution in [3.8, 4) is 0 Å². The maximum atomic E-state index is 11.5. The van der Waals surface area contributed by atoms with E-state index in [2.05, 4.69) is 0 Å². The van der Waals surface area contributed by atoms with E-state index in [-0.39, 0.29) is 5.56 Å². The first-order chi connectivity index (χ1) is 8.17. The van der Waals surface area contributed by atoms with Crippen LogP contribution in [0.3, 0.4) is 0 Å². The van der Waals surface area contributed by atoms with Gasteiger partial charge in [-0.2, -0.15) is 0 Å². The molecule has 0 radical (unpaired) electrons. The lowest BCUT2D eigenvalue weighted by molar-refractivity contribution is 0.213. The van der Waals surface area contributed by atoms with Crippen molar-refractivity contribution >= 4 is 15.2 Å². The minimum absolute atomic E-state index is 0.305. The molecule has 0 unspecified atom stereocenters. The van der Waals surface area contributed by atoms with Gasteiger partial charge in [0.05, 0.1) is 6.73 Å². The summed E-state index contributed by atoms with van der Waals surface area (Å²) in [6.45, 7) is -1.01. The van der Waals surface area contributed by atoms with Gasteiger partial charge in [-0.15, -0.1) is 0 Å². The van der Waals surface area contributed by atoms with Crippen LogP contribution in [0.4, 0.5) is 0 Å². The van der Waals surface area contributed by atoms with E-state index in [9.17, 15) is 28.7 Å². The molecule has 10 heteroatoms. The van der Waals surface area contributed by atoms with Crippen molar-refractivity contribution in [3.63, 3.8) is 0 Å². The number of aliphatic hydroxyl groups excluding tert-OH is 1. The molecule has 1 rings (SSSR count). The van der Waals surface area contributed by atoms with Gasteiger partial charge in [-0.3, -0.25) is 14.4 Å². The summed E-state index contributed by atoms with van der Waals surface area (Å²) in [5.74, 6) is 0. The van der Waals surface area contributed by atoms with E-state index in [1.807, 2.05) is 5.32 Å². The molecular weight excluding hydrogens is 284 g/mol. The third-order valence-corrected chi connectivity index (χ3v) is 6.43. The van der Waals surface area contributed by atoms with Crippen LogP contribution < -0.4 is 5.32 Å². The molecule has 18 heavy (non-hydrogen) atoms. The molecule has 0 aliphatic rings. The Morgan fingerprint density at radius 1 is 1.00 bits per heavy atom. The van der Waals surface area contributed by atoms with E-state index < -0.39 is 26.9 Å². The van der Waals surface area contributed by atoms with Gasteiger partial charge in [0.2, 0.25) is 5.02 Å².